The molecule has 0 radical (unpaired) electrons. The zero-order valence-electron chi connectivity index (χ0n) is 15.3. The number of benzene rings is 2. The maximum Gasteiger partial charge on any atom is 0.265 e. The van der Waals surface area contributed by atoms with Crippen molar-refractivity contribution in [3.05, 3.63) is 53.4 Å². The number of amides is 1. The summed E-state index contributed by atoms with van der Waals surface area (Å²) < 4.78 is 35.2. The van der Waals surface area contributed by atoms with Gasteiger partial charge in [0.2, 0.25) is 11.7 Å². The molecule has 8 nitrogen and oxygen atoms in total. The van der Waals surface area contributed by atoms with E-state index < -0.39 is 9.84 Å². The van der Waals surface area contributed by atoms with Gasteiger partial charge in [-0.25, -0.2) is 8.42 Å². The summed E-state index contributed by atoms with van der Waals surface area (Å²) in [7, 11) is -3.44. The third-order valence-electron chi connectivity index (χ3n) is 4.48. The van der Waals surface area contributed by atoms with Gasteiger partial charge in [-0.1, -0.05) is 23.7 Å². The Hall–Kier alpha value is -2.91. The number of carbonyl (C=O) groups is 1. The first-order valence-corrected chi connectivity index (χ1v) is 10.8. The third kappa shape index (κ3) is 3.83. The van der Waals surface area contributed by atoms with Crippen molar-refractivity contribution in [2.75, 3.05) is 17.3 Å². The van der Waals surface area contributed by atoms with Gasteiger partial charge < -0.3 is 9.26 Å². The Bertz CT molecular complexity index is 1170. The lowest BCUT2D eigenvalue weighted by molar-refractivity contribution is -0.121. The first-order chi connectivity index (χ1) is 13.9. The van der Waals surface area contributed by atoms with Crippen molar-refractivity contribution >= 4 is 33.0 Å². The molecule has 3 aromatic rings. The monoisotopic (exact) mass is 433 g/mol. The van der Waals surface area contributed by atoms with E-state index in [1.165, 1.54) is 17.0 Å². The lowest BCUT2D eigenvalue weighted by atomic mass is 10.2. The lowest BCUT2D eigenvalue weighted by Gasteiger charge is -2.28. The molecule has 29 heavy (non-hydrogen) atoms. The zero-order chi connectivity index (χ0) is 20.6. The number of halogens is 1. The van der Waals surface area contributed by atoms with E-state index in [1.807, 2.05) is 0 Å². The van der Waals surface area contributed by atoms with Crippen LogP contribution in [0.1, 0.15) is 12.8 Å². The summed E-state index contributed by atoms with van der Waals surface area (Å²) in [4.78, 5) is 18.3. The van der Waals surface area contributed by atoms with Crippen LogP contribution in [-0.4, -0.2) is 36.8 Å². The van der Waals surface area contributed by atoms with Crippen LogP contribution in [-0.2, 0) is 21.2 Å². The first-order valence-electron chi connectivity index (χ1n) is 8.76. The number of fused-ring (bicyclic) bond motifs is 1. The van der Waals surface area contributed by atoms with E-state index in [0.29, 0.717) is 22.3 Å². The highest BCUT2D eigenvalue weighted by Gasteiger charge is 2.29. The highest BCUT2D eigenvalue weighted by atomic mass is 35.5. The molecule has 0 spiro atoms. The Morgan fingerprint density at radius 1 is 1.17 bits per heavy atom. The minimum atomic E-state index is -3.44. The second-order valence-corrected chi connectivity index (χ2v) is 9.03. The van der Waals surface area contributed by atoms with E-state index >= 15 is 0 Å². The fourth-order valence-corrected chi connectivity index (χ4v) is 3.91. The number of rotatable bonds is 5. The topological polar surface area (TPSA) is 103 Å². The molecule has 0 atom stereocenters. The van der Waals surface area contributed by atoms with Crippen LogP contribution in [0.2, 0.25) is 5.02 Å². The number of nitrogens with zero attached hydrogens (tertiary/aromatic N) is 3. The molecule has 0 saturated heterocycles. The Kier molecular flexibility index (Phi) is 5.01. The van der Waals surface area contributed by atoms with Crippen LogP contribution in [0.3, 0.4) is 0 Å². The van der Waals surface area contributed by atoms with Crippen molar-refractivity contribution in [3.63, 3.8) is 0 Å². The molecule has 2 aromatic carbocycles. The van der Waals surface area contributed by atoms with Crippen molar-refractivity contribution in [2.24, 2.45) is 0 Å². The van der Waals surface area contributed by atoms with Gasteiger partial charge in [-0.2, -0.15) is 4.98 Å². The molecule has 1 amide bonds. The normalized spacial score (nSPS) is 13.9. The molecule has 0 unspecified atom stereocenters. The molecule has 1 aliphatic rings. The number of anilines is 1. The second-order valence-electron chi connectivity index (χ2n) is 6.32. The molecule has 150 valence electrons. The smallest absolute Gasteiger partial charge is 0.265 e. The molecule has 0 aliphatic carbocycles. The highest BCUT2D eigenvalue weighted by Crippen LogP contribution is 2.35. The van der Waals surface area contributed by atoms with E-state index in [4.69, 9.17) is 20.9 Å². The highest BCUT2D eigenvalue weighted by molar-refractivity contribution is 7.91. The van der Waals surface area contributed by atoms with Gasteiger partial charge >= 0.3 is 0 Å². The van der Waals surface area contributed by atoms with Gasteiger partial charge in [-0.3, -0.25) is 9.69 Å². The number of carbonyl (C=O) groups excluding carboxylic acids is 1. The van der Waals surface area contributed by atoms with E-state index in [9.17, 15) is 13.2 Å². The molecule has 1 aliphatic heterocycles. The predicted molar refractivity (Wildman–Crippen MR) is 106 cm³/mol. The molecule has 10 heteroatoms. The Morgan fingerprint density at radius 3 is 2.66 bits per heavy atom. The van der Waals surface area contributed by atoms with Gasteiger partial charge in [0, 0.05) is 10.6 Å². The molecular formula is C19H16ClN3O5S. The first kappa shape index (κ1) is 19.4. The number of hydrogen-bond acceptors (Lipinski definition) is 7. The summed E-state index contributed by atoms with van der Waals surface area (Å²) >= 11 is 5.89. The third-order valence-corrected chi connectivity index (χ3v) is 6.46. The van der Waals surface area contributed by atoms with Gasteiger partial charge in [0.05, 0.1) is 16.3 Å². The maximum atomic E-state index is 12.5. The molecule has 0 N–H and O–H groups in total. The van der Waals surface area contributed by atoms with Gasteiger partial charge in [-0.15, -0.1) is 0 Å². The molecule has 1 aromatic heterocycles. The number of hydrogen-bond donors (Lipinski definition) is 0. The summed E-state index contributed by atoms with van der Waals surface area (Å²) in [5, 5.41) is 4.53. The van der Waals surface area contributed by atoms with Gasteiger partial charge in [0.25, 0.3) is 5.91 Å². The number of aromatic nitrogens is 2. The summed E-state index contributed by atoms with van der Waals surface area (Å²) in [6, 6.07) is 11.4. The maximum absolute atomic E-state index is 12.5. The van der Waals surface area contributed by atoms with Crippen molar-refractivity contribution < 1.29 is 22.5 Å². The predicted octanol–water partition coefficient (Wildman–Crippen LogP) is 3.11. The van der Waals surface area contributed by atoms with Crippen molar-refractivity contribution in [1.29, 1.82) is 0 Å². The lowest BCUT2D eigenvalue weighted by Crippen LogP contribution is -2.38. The van der Waals surface area contributed by atoms with Gasteiger partial charge in [-0.05, 0) is 42.5 Å². The average Bonchev–Trinajstić information content (AvgIpc) is 3.19. The second kappa shape index (κ2) is 7.49. The summed E-state index contributed by atoms with van der Waals surface area (Å²) in [5.41, 5.74) is 1.07. The standard InChI is InChI=1S/C19H16ClN3O5S/c1-2-29(25,26)14-7-8-16-15(9-14)23(18(24)11-27-16)10-17-21-19(22-28-17)12-3-5-13(20)6-4-12/h3-9H,2,10-11H2,1H3. The number of ether oxygens (including phenoxy) is 1. The van der Waals surface area contributed by atoms with Gasteiger partial charge in [0.15, 0.2) is 16.4 Å². The van der Waals surface area contributed by atoms with Crippen molar-refractivity contribution in [1.82, 2.24) is 10.1 Å². The molecule has 0 bridgehead atoms. The quantitative estimate of drug-likeness (QED) is 0.609. The van der Waals surface area contributed by atoms with Crippen LogP contribution in [0, 0.1) is 0 Å². The zero-order valence-corrected chi connectivity index (χ0v) is 16.9. The van der Waals surface area contributed by atoms with Crippen LogP contribution in [0.4, 0.5) is 5.69 Å². The number of sulfone groups is 1. The van der Waals surface area contributed by atoms with Gasteiger partial charge in [0.1, 0.15) is 12.3 Å². The molecular weight excluding hydrogens is 418 g/mol. The van der Waals surface area contributed by atoms with E-state index in [1.54, 1.807) is 37.3 Å². The molecule has 4 rings (SSSR count). The van der Waals surface area contributed by atoms with Crippen LogP contribution in [0.5, 0.6) is 5.75 Å². The molecule has 0 saturated carbocycles. The fraction of sp³-hybridized carbons (Fsp3) is 0.211. The van der Waals surface area contributed by atoms with E-state index in [2.05, 4.69) is 10.1 Å². The fourth-order valence-electron chi connectivity index (χ4n) is 2.89. The van der Waals surface area contributed by atoms with Crippen molar-refractivity contribution in [2.45, 2.75) is 18.4 Å². The Labute approximate surface area is 172 Å². The van der Waals surface area contributed by atoms with Crippen LogP contribution >= 0.6 is 11.6 Å². The largest absolute Gasteiger partial charge is 0.482 e. The summed E-state index contributed by atoms with van der Waals surface area (Å²) in [5.74, 6) is 0.598. The SMILES string of the molecule is CCS(=O)(=O)c1ccc2c(c1)N(Cc1nc(-c3ccc(Cl)cc3)no1)C(=O)CO2. The average molecular weight is 434 g/mol. The van der Waals surface area contributed by atoms with E-state index in [-0.39, 0.29) is 35.6 Å². The Morgan fingerprint density at radius 2 is 1.93 bits per heavy atom. The molecule has 2 heterocycles. The minimum Gasteiger partial charge on any atom is -0.482 e. The molecule has 0 fully saturated rings. The van der Waals surface area contributed by atoms with Crippen LogP contribution in [0.25, 0.3) is 11.4 Å². The van der Waals surface area contributed by atoms with E-state index in [0.717, 1.165) is 5.56 Å². The van der Waals surface area contributed by atoms with Crippen LogP contribution < -0.4 is 9.64 Å². The minimum absolute atomic E-state index is 0.00852. The summed E-state index contributed by atoms with van der Waals surface area (Å²) in [6.45, 7) is 1.39. The van der Waals surface area contributed by atoms with Crippen LogP contribution in [0.15, 0.2) is 51.9 Å². The summed E-state index contributed by atoms with van der Waals surface area (Å²) in [6.07, 6.45) is 0. The Balaban J connectivity index is 1.65. The van der Waals surface area contributed by atoms with Crippen molar-refractivity contribution in [3.8, 4) is 17.1 Å².